The van der Waals surface area contributed by atoms with Crippen LogP contribution in [0.5, 0.6) is 0 Å². The SMILES string of the molecule is Cc1ccc(C(=O)NC[C@@H]2CCCO2)cc1N(C)S(C)(=O)=O. The molecular weight excluding hydrogens is 304 g/mol. The molecule has 0 radical (unpaired) electrons. The number of aryl methyl sites for hydroxylation is 1. The van der Waals surface area contributed by atoms with E-state index >= 15 is 0 Å². The summed E-state index contributed by atoms with van der Waals surface area (Å²) in [6, 6.07) is 5.04. The van der Waals surface area contributed by atoms with Crippen molar-refractivity contribution in [2.75, 3.05) is 30.8 Å². The Morgan fingerprint density at radius 1 is 1.45 bits per heavy atom. The first-order chi connectivity index (χ1) is 10.3. The molecule has 1 amide bonds. The Balaban J connectivity index is 2.12. The summed E-state index contributed by atoms with van der Waals surface area (Å²) >= 11 is 0. The monoisotopic (exact) mass is 326 g/mol. The van der Waals surface area contributed by atoms with E-state index in [1.807, 2.05) is 6.92 Å². The van der Waals surface area contributed by atoms with Crippen molar-refractivity contribution >= 4 is 21.6 Å². The molecule has 1 saturated heterocycles. The fraction of sp³-hybridized carbons (Fsp3) is 0.533. The number of amides is 1. The summed E-state index contributed by atoms with van der Waals surface area (Å²) in [5, 5.41) is 2.83. The summed E-state index contributed by atoms with van der Waals surface area (Å²) < 4.78 is 30.0. The van der Waals surface area contributed by atoms with Gasteiger partial charge in [0.15, 0.2) is 0 Å². The summed E-state index contributed by atoms with van der Waals surface area (Å²) in [4.78, 5) is 12.2. The normalized spacial score (nSPS) is 18.2. The standard InChI is InChI=1S/C15H22N2O4S/c1-11-6-7-12(9-14(11)17(2)22(3,19)20)15(18)16-10-13-5-4-8-21-13/h6-7,9,13H,4-5,8,10H2,1-3H3,(H,16,18)/t13-/m0/s1. The molecule has 0 bridgehead atoms. The Hall–Kier alpha value is -1.60. The Bertz CT molecular complexity index is 652. The van der Waals surface area contributed by atoms with Gasteiger partial charge in [0.1, 0.15) is 0 Å². The molecule has 122 valence electrons. The van der Waals surface area contributed by atoms with E-state index in [0.717, 1.165) is 31.3 Å². The fourth-order valence-electron chi connectivity index (χ4n) is 2.38. The van der Waals surface area contributed by atoms with Crippen LogP contribution in [0, 0.1) is 6.92 Å². The molecule has 0 aliphatic carbocycles. The minimum Gasteiger partial charge on any atom is -0.376 e. The second kappa shape index (κ2) is 6.66. The highest BCUT2D eigenvalue weighted by molar-refractivity contribution is 7.92. The maximum Gasteiger partial charge on any atom is 0.251 e. The van der Waals surface area contributed by atoms with Crippen LogP contribution in [0.4, 0.5) is 5.69 Å². The maximum atomic E-state index is 12.2. The van der Waals surface area contributed by atoms with Crippen LogP contribution in [0.25, 0.3) is 0 Å². The van der Waals surface area contributed by atoms with Gasteiger partial charge in [-0.3, -0.25) is 9.10 Å². The molecule has 2 rings (SSSR count). The predicted octanol–water partition coefficient (Wildman–Crippen LogP) is 1.30. The number of hydrogen-bond donors (Lipinski definition) is 1. The third-order valence-electron chi connectivity index (χ3n) is 3.82. The third kappa shape index (κ3) is 3.98. The number of sulfonamides is 1. The molecular formula is C15H22N2O4S. The molecule has 7 heteroatoms. The van der Waals surface area contributed by atoms with Crippen molar-refractivity contribution in [1.29, 1.82) is 0 Å². The van der Waals surface area contributed by atoms with E-state index in [1.165, 1.54) is 11.4 Å². The van der Waals surface area contributed by atoms with Gasteiger partial charge in [-0.2, -0.15) is 0 Å². The van der Waals surface area contributed by atoms with Gasteiger partial charge in [-0.1, -0.05) is 6.07 Å². The van der Waals surface area contributed by atoms with E-state index in [2.05, 4.69) is 5.32 Å². The number of carbonyl (C=O) groups excluding carboxylic acids is 1. The zero-order valence-electron chi connectivity index (χ0n) is 13.1. The lowest BCUT2D eigenvalue weighted by molar-refractivity contribution is 0.0858. The highest BCUT2D eigenvalue weighted by atomic mass is 32.2. The van der Waals surface area contributed by atoms with Crippen LogP contribution in [0.3, 0.4) is 0 Å². The van der Waals surface area contributed by atoms with E-state index in [9.17, 15) is 13.2 Å². The molecule has 1 heterocycles. The lowest BCUT2D eigenvalue weighted by Gasteiger charge is -2.20. The van der Waals surface area contributed by atoms with Gasteiger partial charge < -0.3 is 10.1 Å². The lowest BCUT2D eigenvalue weighted by atomic mass is 10.1. The number of hydrogen-bond acceptors (Lipinski definition) is 4. The number of benzene rings is 1. The van der Waals surface area contributed by atoms with Crippen LogP contribution in [0.1, 0.15) is 28.8 Å². The summed E-state index contributed by atoms with van der Waals surface area (Å²) in [6.07, 6.45) is 3.19. The molecule has 1 aromatic carbocycles. The summed E-state index contributed by atoms with van der Waals surface area (Å²) in [5.41, 5.74) is 1.74. The summed E-state index contributed by atoms with van der Waals surface area (Å²) in [7, 11) is -1.89. The van der Waals surface area contributed by atoms with Gasteiger partial charge in [0, 0.05) is 25.8 Å². The van der Waals surface area contributed by atoms with E-state index in [4.69, 9.17) is 4.74 Å². The van der Waals surface area contributed by atoms with Gasteiger partial charge in [-0.15, -0.1) is 0 Å². The molecule has 0 aromatic heterocycles. The van der Waals surface area contributed by atoms with E-state index in [1.54, 1.807) is 18.2 Å². The largest absolute Gasteiger partial charge is 0.376 e. The molecule has 0 saturated carbocycles. The molecule has 0 spiro atoms. The predicted molar refractivity (Wildman–Crippen MR) is 85.7 cm³/mol. The summed E-state index contributed by atoms with van der Waals surface area (Å²) in [5.74, 6) is -0.223. The van der Waals surface area contributed by atoms with Gasteiger partial charge in [-0.05, 0) is 37.5 Å². The van der Waals surface area contributed by atoms with Crippen molar-refractivity contribution in [3.63, 3.8) is 0 Å². The number of anilines is 1. The molecule has 1 atom stereocenters. The van der Waals surface area contributed by atoms with Gasteiger partial charge >= 0.3 is 0 Å². The first-order valence-corrected chi connectivity index (χ1v) is 9.08. The van der Waals surface area contributed by atoms with Crippen molar-refractivity contribution in [3.05, 3.63) is 29.3 Å². The quantitative estimate of drug-likeness (QED) is 0.885. The molecule has 0 unspecified atom stereocenters. The van der Waals surface area contributed by atoms with Crippen LogP contribution in [-0.2, 0) is 14.8 Å². The lowest BCUT2D eigenvalue weighted by Crippen LogP contribution is -2.32. The van der Waals surface area contributed by atoms with Crippen LogP contribution in [0.2, 0.25) is 0 Å². The molecule has 1 aromatic rings. The van der Waals surface area contributed by atoms with E-state index < -0.39 is 10.0 Å². The number of rotatable bonds is 5. The highest BCUT2D eigenvalue weighted by Crippen LogP contribution is 2.22. The topological polar surface area (TPSA) is 75.7 Å². The molecule has 1 aliphatic heterocycles. The Kier molecular flexibility index (Phi) is 5.08. The molecule has 1 aliphatic rings. The van der Waals surface area contributed by atoms with Gasteiger partial charge in [0.2, 0.25) is 10.0 Å². The number of ether oxygens (including phenoxy) is 1. The van der Waals surface area contributed by atoms with Gasteiger partial charge in [-0.25, -0.2) is 8.42 Å². The zero-order chi connectivity index (χ0) is 16.3. The molecule has 1 N–H and O–H groups in total. The van der Waals surface area contributed by atoms with Gasteiger partial charge in [0.05, 0.1) is 18.0 Å². The highest BCUT2D eigenvalue weighted by Gasteiger charge is 2.19. The Labute approximate surface area is 131 Å². The van der Waals surface area contributed by atoms with Crippen molar-refractivity contribution in [1.82, 2.24) is 5.32 Å². The minimum absolute atomic E-state index is 0.0764. The third-order valence-corrected chi connectivity index (χ3v) is 5.01. The molecule has 1 fully saturated rings. The summed E-state index contributed by atoms with van der Waals surface area (Å²) in [6.45, 7) is 3.03. The number of carbonyl (C=O) groups is 1. The zero-order valence-corrected chi connectivity index (χ0v) is 13.9. The van der Waals surface area contributed by atoms with Crippen LogP contribution in [-0.4, -0.2) is 46.9 Å². The fourth-order valence-corrected chi connectivity index (χ4v) is 2.94. The van der Waals surface area contributed by atoms with Crippen molar-refractivity contribution in [2.24, 2.45) is 0 Å². The van der Waals surface area contributed by atoms with Crippen molar-refractivity contribution in [3.8, 4) is 0 Å². The van der Waals surface area contributed by atoms with Crippen molar-refractivity contribution in [2.45, 2.75) is 25.9 Å². The average molecular weight is 326 g/mol. The molecule has 6 nitrogen and oxygen atoms in total. The Morgan fingerprint density at radius 3 is 2.77 bits per heavy atom. The molecule has 22 heavy (non-hydrogen) atoms. The average Bonchev–Trinajstić information content (AvgIpc) is 2.97. The van der Waals surface area contributed by atoms with Gasteiger partial charge in [0.25, 0.3) is 5.91 Å². The second-order valence-electron chi connectivity index (χ2n) is 5.58. The van der Waals surface area contributed by atoms with Crippen LogP contribution in [0.15, 0.2) is 18.2 Å². The smallest absolute Gasteiger partial charge is 0.251 e. The van der Waals surface area contributed by atoms with E-state index in [-0.39, 0.29) is 12.0 Å². The first kappa shape index (κ1) is 16.8. The number of nitrogens with one attached hydrogen (secondary N) is 1. The number of nitrogens with zero attached hydrogens (tertiary/aromatic N) is 1. The Morgan fingerprint density at radius 2 is 2.18 bits per heavy atom. The van der Waals surface area contributed by atoms with Crippen LogP contribution >= 0.6 is 0 Å². The minimum atomic E-state index is -3.36. The van der Waals surface area contributed by atoms with Crippen LogP contribution < -0.4 is 9.62 Å². The first-order valence-electron chi connectivity index (χ1n) is 7.23. The second-order valence-corrected chi connectivity index (χ2v) is 7.59. The maximum absolute atomic E-state index is 12.2. The van der Waals surface area contributed by atoms with E-state index in [0.29, 0.717) is 17.8 Å². The van der Waals surface area contributed by atoms with Crippen molar-refractivity contribution < 1.29 is 17.9 Å².